The van der Waals surface area contributed by atoms with Crippen molar-refractivity contribution in [1.82, 2.24) is 15.6 Å². The number of carbonyl (C=O) groups excluding carboxylic acids is 1. The Balaban J connectivity index is 1.54. The Bertz CT molecular complexity index is 350. The molecule has 1 fully saturated rings. The molecule has 0 radical (unpaired) electrons. The Morgan fingerprint density at radius 3 is 3.11 bits per heavy atom. The van der Waals surface area contributed by atoms with E-state index in [1.165, 1.54) is 12.8 Å². The SMILES string of the molecule is O=C(CSC1CCNCC1)NCCc1nccs1. The highest BCUT2D eigenvalue weighted by molar-refractivity contribution is 8.00. The molecule has 2 heterocycles. The van der Waals surface area contributed by atoms with Crippen molar-refractivity contribution in [2.75, 3.05) is 25.4 Å². The number of hydrogen-bond donors (Lipinski definition) is 2. The van der Waals surface area contributed by atoms with Gasteiger partial charge in [-0.1, -0.05) is 0 Å². The molecule has 100 valence electrons. The summed E-state index contributed by atoms with van der Waals surface area (Å²) in [6.07, 6.45) is 4.99. The topological polar surface area (TPSA) is 54.0 Å². The van der Waals surface area contributed by atoms with Gasteiger partial charge in [-0.15, -0.1) is 23.1 Å². The third-order valence-corrected chi connectivity index (χ3v) is 5.09. The molecule has 1 aromatic heterocycles. The van der Waals surface area contributed by atoms with Gasteiger partial charge in [0.05, 0.1) is 10.8 Å². The molecule has 0 unspecified atom stereocenters. The standard InChI is InChI=1S/C12H19N3OS2/c16-11(9-18-10-1-4-13-5-2-10)14-6-3-12-15-7-8-17-12/h7-8,10,13H,1-6,9H2,(H,14,16). The van der Waals surface area contributed by atoms with Crippen molar-refractivity contribution in [2.24, 2.45) is 0 Å². The zero-order valence-electron chi connectivity index (χ0n) is 10.4. The third-order valence-electron chi connectivity index (χ3n) is 2.88. The smallest absolute Gasteiger partial charge is 0.230 e. The Morgan fingerprint density at radius 2 is 2.39 bits per heavy atom. The summed E-state index contributed by atoms with van der Waals surface area (Å²) in [4.78, 5) is 15.8. The van der Waals surface area contributed by atoms with Gasteiger partial charge in [-0.2, -0.15) is 0 Å². The lowest BCUT2D eigenvalue weighted by atomic mass is 10.2. The van der Waals surface area contributed by atoms with Crippen LogP contribution in [0.15, 0.2) is 11.6 Å². The summed E-state index contributed by atoms with van der Waals surface area (Å²) < 4.78 is 0. The molecule has 6 heteroatoms. The van der Waals surface area contributed by atoms with E-state index in [2.05, 4.69) is 15.6 Å². The van der Waals surface area contributed by atoms with E-state index in [4.69, 9.17) is 0 Å². The molecule has 18 heavy (non-hydrogen) atoms. The summed E-state index contributed by atoms with van der Waals surface area (Å²) in [6, 6.07) is 0. The van der Waals surface area contributed by atoms with Crippen molar-refractivity contribution in [2.45, 2.75) is 24.5 Å². The van der Waals surface area contributed by atoms with E-state index in [1.807, 2.05) is 5.38 Å². The Hall–Kier alpha value is -0.590. The molecule has 2 rings (SSSR count). The molecular weight excluding hydrogens is 266 g/mol. The molecule has 0 aliphatic carbocycles. The number of aromatic nitrogens is 1. The van der Waals surface area contributed by atoms with Crippen LogP contribution in [0.4, 0.5) is 0 Å². The van der Waals surface area contributed by atoms with Crippen LogP contribution >= 0.6 is 23.1 Å². The van der Waals surface area contributed by atoms with Gasteiger partial charge >= 0.3 is 0 Å². The second-order valence-corrected chi connectivity index (χ2v) is 6.55. The summed E-state index contributed by atoms with van der Waals surface area (Å²) >= 11 is 3.42. The van der Waals surface area contributed by atoms with E-state index in [-0.39, 0.29) is 5.91 Å². The monoisotopic (exact) mass is 285 g/mol. The number of carbonyl (C=O) groups is 1. The maximum Gasteiger partial charge on any atom is 0.230 e. The fourth-order valence-electron chi connectivity index (χ4n) is 1.89. The van der Waals surface area contributed by atoms with E-state index < -0.39 is 0 Å². The highest BCUT2D eigenvalue weighted by Crippen LogP contribution is 2.19. The minimum Gasteiger partial charge on any atom is -0.355 e. The first-order valence-corrected chi connectivity index (χ1v) is 8.25. The molecule has 0 saturated carbocycles. The molecule has 4 nitrogen and oxygen atoms in total. The Morgan fingerprint density at radius 1 is 1.56 bits per heavy atom. The van der Waals surface area contributed by atoms with E-state index in [0.717, 1.165) is 24.5 Å². The fourth-order valence-corrected chi connectivity index (χ4v) is 3.57. The van der Waals surface area contributed by atoms with Gasteiger partial charge in [-0.25, -0.2) is 4.98 Å². The largest absolute Gasteiger partial charge is 0.355 e. The number of nitrogens with one attached hydrogen (secondary N) is 2. The van der Waals surface area contributed by atoms with Crippen molar-refractivity contribution < 1.29 is 4.79 Å². The first kappa shape index (κ1) is 13.8. The molecule has 0 aromatic carbocycles. The summed E-state index contributed by atoms with van der Waals surface area (Å²) in [5, 5.41) is 9.98. The third kappa shape index (κ3) is 4.96. The van der Waals surface area contributed by atoms with Crippen molar-refractivity contribution in [3.63, 3.8) is 0 Å². The van der Waals surface area contributed by atoms with E-state index in [9.17, 15) is 4.79 Å². The first-order valence-electron chi connectivity index (χ1n) is 6.32. The maximum absolute atomic E-state index is 11.6. The average Bonchev–Trinajstić information content (AvgIpc) is 2.91. The second-order valence-electron chi connectivity index (χ2n) is 4.29. The number of nitrogens with zero attached hydrogens (tertiary/aromatic N) is 1. The highest BCUT2D eigenvalue weighted by atomic mass is 32.2. The molecule has 1 amide bonds. The first-order chi connectivity index (χ1) is 8.84. The van der Waals surface area contributed by atoms with Gasteiger partial charge in [0, 0.05) is 29.8 Å². The van der Waals surface area contributed by atoms with Gasteiger partial charge in [0.25, 0.3) is 0 Å². The predicted molar refractivity (Wildman–Crippen MR) is 77.2 cm³/mol. The van der Waals surface area contributed by atoms with Gasteiger partial charge in [0.1, 0.15) is 0 Å². The van der Waals surface area contributed by atoms with E-state index >= 15 is 0 Å². The minimum atomic E-state index is 0.148. The quantitative estimate of drug-likeness (QED) is 0.827. The van der Waals surface area contributed by atoms with Crippen LogP contribution in [-0.4, -0.2) is 41.5 Å². The van der Waals surface area contributed by atoms with Crippen LogP contribution in [0.2, 0.25) is 0 Å². The number of amides is 1. The van der Waals surface area contributed by atoms with Crippen LogP contribution in [0.25, 0.3) is 0 Å². The molecular formula is C12H19N3OS2. The van der Waals surface area contributed by atoms with Gasteiger partial charge in [0.15, 0.2) is 0 Å². The number of thioether (sulfide) groups is 1. The lowest BCUT2D eigenvalue weighted by Crippen LogP contribution is -2.32. The van der Waals surface area contributed by atoms with Crippen LogP contribution in [0, 0.1) is 0 Å². The normalized spacial score (nSPS) is 16.7. The van der Waals surface area contributed by atoms with Crippen LogP contribution in [0.5, 0.6) is 0 Å². The number of piperidine rings is 1. The van der Waals surface area contributed by atoms with Crippen molar-refractivity contribution >= 4 is 29.0 Å². The van der Waals surface area contributed by atoms with E-state index in [0.29, 0.717) is 17.5 Å². The molecule has 2 N–H and O–H groups in total. The molecule has 1 aliphatic rings. The zero-order chi connectivity index (χ0) is 12.6. The van der Waals surface area contributed by atoms with Crippen molar-refractivity contribution in [1.29, 1.82) is 0 Å². The van der Waals surface area contributed by atoms with Gasteiger partial charge in [-0.3, -0.25) is 4.79 Å². The second kappa shape index (κ2) is 7.76. The van der Waals surface area contributed by atoms with Gasteiger partial charge in [-0.05, 0) is 25.9 Å². The van der Waals surface area contributed by atoms with E-state index in [1.54, 1.807) is 29.3 Å². The minimum absolute atomic E-state index is 0.148. The lowest BCUT2D eigenvalue weighted by molar-refractivity contribution is -0.118. The van der Waals surface area contributed by atoms with Crippen LogP contribution in [0.1, 0.15) is 17.8 Å². The summed E-state index contributed by atoms with van der Waals surface area (Å²) in [7, 11) is 0. The maximum atomic E-state index is 11.6. The Labute approximate surface area is 116 Å². The number of thiazole rings is 1. The van der Waals surface area contributed by atoms with Crippen molar-refractivity contribution in [3.8, 4) is 0 Å². The summed E-state index contributed by atoms with van der Waals surface area (Å²) in [5.74, 6) is 0.734. The predicted octanol–water partition coefficient (Wildman–Crippen LogP) is 1.29. The molecule has 1 aromatic rings. The van der Waals surface area contributed by atoms with Crippen LogP contribution in [0.3, 0.4) is 0 Å². The summed E-state index contributed by atoms with van der Waals surface area (Å²) in [6.45, 7) is 2.87. The molecule has 0 atom stereocenters. The zero-order valence-corrected chi connectivity index (χ0v) is 12.0. The summed E-state index contributed by atoms with van der Waals surface area (Å²) in [5.41, 5.74) is 0. The molecule has 1 aliphatic heterocycles. The van der Waals surface area contributed by atoms with Crippen LogP contribution < -0.4 is 10.6 Å². The molecule has 0 bridgehead atoms. The van der Waals surface area contributed by atoms with Gasteiger partial charge in [0.2, 0.25) is 5.91 Å². The average molecular weight is 285 g/mol. The Kier molecular flexibility index (Phi) is 5.96. The van der Waals surface area contributed by atoms with Gasteiger partial charge < -0.3 is 10.6 Å². The number of hydrogen-bond acceptors (Lipinski definition) is 5. The van der Waals surface area contributed by atoms with Crippen LogP contribution in [-0.2, 0) is 11.2 Å². The molecule has 0 spiro atoms. The van der Waals surface area contributed by atoms with Crippen molar-refractivity contribution in [3.05, 3.63) is 16.6 Å². The fraction of sp³-hybridized carbons (Fsp3) is 0.667. The lowest BCUT2D eigenvalue weighted by Gasteiger charge is -2.21. The molecule has 1 saturated heterocycles. The number of rotatable bonds is 6. The highest BCUT2D eigenvalue weighted by Gasteiger charge is 2.14.